The van der Waals surface area contributed by atoms with Crippen LogP contribution in [0.2, 0.25) is 0 Å². The average Bonchev–Trinajstić information content (AvgIpc) is 3.16. The molecule has 0 saturated carbocycles. The molecule has 126 valence electrons. The lowest BCUT2D eigenvalue weighted by Gasteiger charge is -2.33. The molecule has 0 radical (unpaired) electrons. The Labute approximate surface area is 140 Å². The van der Waals surface area contributed by atoms with Gasteiger partial charge < -0.3 is 19.4 Å². The number of furan rings is 1. The van der Waals surface area contributed by atoms with Crippen molar-refractivity contribution in [2.75, 3.05) is 31.7 Å². The van der Waals surface area contributed by atoms with Gasteiger partial charge in [0.1, 0.15) is 16.5 Å². The van der Waals surface area contributed by atoms with Gasteiger partial charge in [-0.2, -0.15) is 0 Å². The quantitative estimate of drug-likeness (QED) is 0.875. The predicted molar refractivity (Wildman–Crippen MR) is 91.1 cm³/mol. The summed E-state index contributed by atoms with van der Waals surface area (Å²) in [4.78, 5) is 2.32. The van der Waals surface area contributed by atoms with E-state index >= 15 is 0 Å². The summed E-state index contributed by atoms with van der Waals surface area (Å²) in [6.07, 6.45) is 2.16. The highest BCUT2D eigenvalue weighted by atomic mass is 32.1. The number of aryl methyl sites for hydroxylation is 2. The first kappa shape index (κ1) is 16.4. The molecule has 1 fully saturated rings. The molecule has 0 unspecified atom stereocenters. The van der Waals surface area contributed by atoms with Crippen molar-refractivity contribution in [2.45, 2.75) is 38.8 Å². The summed E-state index contributed by atoms with van der Waals surface area (Å²) in [5.74, 6) is 1.89. The third-order valence-corrected chi connectivity index (χ3v) is 5.06. The molecule has 0 spiro atoms. The lowest BCUT2D eigenvalue weighted by atomic mass is 10.0. The van der Waals surface area contributed by atoms with Crippen LogP contribution in [0.25, 0.3) is 0 Å². The maximum atomic E-state index is 5.76. The molecule has 0 aliphatic carbocycles. The highest BCUT2D eigenvalue weighted by molar-refractivity contribution is 7.15. The van der Waals surface area contributed by atoms with Crippen molar-refractivity contribution in [2.24, 2.45) is 0 Å². The van der Waals surface area contributed by atoms with Gasteiger partial charge in [0.25, 0.3) is 0 Å². The van der Waals surface area contributed by atoms with Crippen molar-refractivity contribution in [3.8, 4) is 0 Å². The standard InChI is InChI=1S/C16H24N4O2S/c1-11-4-5-15(22-11)14(10-21-3)17-13-6-8-20(9-7-13)16-19-18-12(2)23-16/h4-5,13-14,17H,6-10H2,1-3H3/t14-/m0/s1. The zero-order chi connectivity index (χ0) is 16.2. The molecule has 0 bridgehead atoms. The number of hydrogen-bond acceptors (Lipinski definition) is 7. The summed E-state index contributed by atoms with van der Waals surface area (Å²) in [5, 5.41) is 14.1. The van der Waals surface area contributed by atoms with E-state index in [1.165, 1.54) is 0 Å². The van der Waals surface area contributed by atoms with Crippen LogP contribution in [-0.4, -0.2) is 43.0 Å². The molecule has 2 aromatic rings. The van der Waals surface area contributed by atoms with Crippen molar-refractivity contribution in [1.82, 2.24) is 15.5 Å². The van der Waals surface area contributed by atoms with Crippen LogP contribution in [0.4, 0.5) is 5.13 Å². The van der Waals surface area contributed by atoms with E-state index in [4.69, 9.17) is 9.15 Å². The minimum atomic E-state index is 0.106. The fraction of sp³-hybridized carbons (Fsp3) is 0.625. The van der Waals surface area contributed by atoms with Crippen LogP contribution in [0.1, 0.15) is 35.4 Å². The number of rotatable bonds is 6. The molecule has 1 saturated heterocycles. The van der Waals surface area contributed by atoms with Gasteiger partial charge in [-0.15, -0.1) is 10.2 Å². The Morgan fingerprint density at radius 3 is 2.70 bits per heavy atom. The molecule has 1 N–H and O–H groups in total. The maximum absolute atomic E-state index is 5.76. The molecular weight excluding hydrogens is 312 g/mol. The van der Waals surface area contributed by atoms with Crippen LogP contribution in [-0.2, 0) is 4.74 Å². The van der Waals surface area contributed by atoms with Crippen LogP contribution in [0.15, 0.2) is 16.5 Å². The van der Waals surface area contributed by atoms with E-state index in [9.17, 15) is 0 Å². The molecule has 1 atom stereocenters. The Hall–Kier alpha value is -1.44. The first-order valence-electron chi connectivity index (χ1n) is 8.02. The van der Waals surface area contributed by atoms with E-state index in [1.807, 2.05) is 26.0 Å². The maximum Gasteiger partial charge on any atom is 0.208 e. The number of piperidine rings is 1. The van der Waals surface area contributed by atoms with Gasteiger partial charge in [-0.3, -0.25) is 0 Å². The smallest absolute Gasteiger partial charge is 0.208 e. The summed E-state index contributed by atoms with van der Waals surface area (Å²) < 4.78 is 11.1. The second-order valence-corrected chi connectivity index (χ2v) is 7.15. The number of nitrogens with one attached hydrogen (secondary N) is 1. The van der Waals surface area contributed by atoms with Crippen molar-refractivity contribution in [3.63, 3.8) is 0 Å². The third-order valence-electron chi connectivity index (χ3n) is 4.16. The van der Waals surface area contributed by atoms with Crippen molar-refractivity contribution in [3.05, 3.63) is 28.7 Å². The fourth-order valence-electron chi connectivity index (χ4n) is 2.96. The number of aromatic nitrogens is 2. The molecular formula is C16H24N4O2S. The van der Waals surface area contributed by atoms with E-state index < -0.39 is 0 Å². The topological polar surface area (TPSA) is 63.4 Å². The Morgan fingerprint density at radius 1 is 1.35 bits per heavy atom. The lowest BCUT2D eigenvalue weighted by Crippen LogP contribution is -2.44. The van der Waals surface area contributed by atoms with Gasteiger partial charge in [0.15, 0.2) is 0 Å². The number of methoxy groups -OCH3 is 1. The minimum Gasteiger partial charge on any atom is -0.465 e. The summed E-state index contributed by atoms with van der Waals surface area (Å²) in [7, 11) is 1.73. The molecule has 3 rings (SSSR count). The molecule has 2 aromatic heterocycles. The Kier molecular flexibility index (Phi) is 5.30. The first-order valence-corrected chi connectivity index (χ1v) is 8.83. The van der Waals surface area contributed by atoms with Crippen LogP contribution >= 0.6 is 11.3 Å². The fourth-order valence-corrected chi connectivity index (χ4v) is 3.69. The zero-order valence-electron chi connectivity index (χ0n) is 13.9. The normalized spacial score (nSPS) is 17.6. The average molecular weight is 336 g/mol. The highest BCUT2D eigenvalue weighted by Gasteiger charge is 2.25. The van der Waals surface area contributed by atoms with Crippen LogP contribution in [0.5, 0.6) is 0 Å². The van der Waals surface area contributed by atoms with E-state index in [0.29, 0.717) is 12.6 Å². The number of anilines is 1. The van der Waals surface area contributed by atoms with Crippen LogP contribution in [0.3, 0.4) is 0 Å². The lowest BCUT2D eigenvalue weighted by molar-refractivity contribution is 0.147. The first-order chi connectivity index (χ1) is 11.2. The zero-order valence-corrected chi connectivity index (χ0v) is 14.7. The largest absolute Gasteiger partial charge is 0.465 e. The predicted octanol–water partition coefficient (Wildman–Crippen LogP) is 2.69. The van der Waals surface area contributed by atoms with Gasteiger partial charge in [0.2, 0.25) is 5.13 Å². The van der Waals surface area contributed by atoms with Gasteiger partial charge in [0, 0.05) is 26.2 Å². The molecule has 0 amide bonds. The van der Waals surface area contributed by atoms with Crippen LogP contribution < -0.4 is 10.2 Å². The van der Waals surface area contributed by atoms with E-state index in [2.05, 4.69) is 20.4 Å². The Bertz CT molecular complexity index is 619. The van der Waals surface area contributed by atoms with Gasteiger partial charge in [-0.25, -0.2) is 0 Å². The SMILES string of the molecule is COC[C@H](NC1CCN(c2nnc(C)s2)CC1)c1ccc(C)o1. The Morgan fingerprint density at radius 2 is 2.13 bits per heavy atom. The summed E-state index contributed by atoms with van der Waals surface area (Å²) in [6, 6.07) is 4.60. The number of nitrogens with zero attached hydrogens (tertiary/aromatic N) is 3. The molecule has 1 aliphatic heterocycles. The van der Waals surface area contributed by atoms with Gasteiger partial charge in [-0.05, 0) is 38.8 Å². The van der Waals surface area contributed by atoms with Crippen molar-refractivity contribution in [1.29, 1.82) is 0 Å². The van der Waals surface area contributed by atoms with Gasteiger partial charge in [-0.1, -0.05) is 11.3 Å². The van der Waals surface area contributed by atoms with Gasteiger partial charge >= 0.3 is 0 Å². The minimum absolute atomic E-state index is 0.106. The third kappa shape index (κ3) is 4.10. The Balaban J connectivity index is 1.56. The van der Waals surface area contributed by atoms with E-state index in [-0.39, 0.29) is 6.04 Å². The summed E-state index contributed by atoms with van der Waals surface area (Å²) in [6.45, 7) is 6.58. The molecule has 0 aromatic carbocycles. The monoisotopic (exact) mass is 336 g/mol. The van der Waals surface area contributed by atoms with E-state index in [0.717, 1.165) is 47.6 Å². The van der Waals surface area contributed by atoms with Crippen molar-refractivity contribution >= 4 is 16.5 Å². The van der Waals surface area contributed by atoms with Gasteiger partial charge in [0.05, 0.1) is 12.6 Å². The molecule has 3 heterocycles. The summed E-state index contributed by atoms with van der Waals surface area (Å²) >= 11 is 1.67. The van der Waals surface area contributed by atoms with Crippen LogP contribution in [0, 0.1) is 13.8 Å². The molecule has 6 nitrogen and oxygen atoms in total. The van der Waals surface area contributed by atoms with E-state index in [1.54, 1.807) is 18.4 Å². The summed E-state index contributed by atoms with van der Waals surface area (Å²) in [5.41, 5.74) is 0. The second-order valence-electron chi connectivity index (χ2n) is 5.99. The number of hydrogen-bond donors (Lipinski definition) is 1. The highest BCUT2D eigenvalue weighted by Crippen LogP contribution is 2.25. The molecule has 1 aliphatic rings. The molecule has 23 heavy (non-hydrogen) atoms. The molecule has 7 heteroatoms. The second kappa shape index (κ2) is 7.42. The number of ether oxygens (including phenoxy) is 1. The van der Waals surface area contributed by atoms with Crippen molar-refractivity contribution < 1.29 is 9.15 Å².